The molecule has 0 aliphatic heterocycles. The summed E-state index contributed by atoms with van der Waals surface area (Å²) in [6.07, 6.45) is 2.25. The van der Waals surface area contributed by atoms with Crippen molar-refractivity contribution in [2.75, 3.05) is 27.2 Å². The van der Waals surface area contributed by atoms with Crippen LogP contribution in [0.15, 0.2) is 42.5 Å². The van der Waals surface area contributed by atoms with Gasteiger partial charge in [-0.25, -0.2) is 0 Å². The van der Waals surface area contributed by atoms with Crippen LogP contribution in [-0.2, 0) is 16.0 Å². The molecule has 1 N–H and O–H groups in total. The van der Waals surface area contributed by atoms with E-state index >= 15 is 0 Å². The lowest BCUT2D eigenvalue weighted by atomic mass is 9.95. The number of fused-ring (bicyclic) bond motifs is 1. The highest BCUT2D eigenvalue weighted by atomic mass is 16.2. The lowest BCUT2D eigenvalue weighted by Gasteiger charge is -2.14. The minimum absolute atomic E-state index is 0.259. The van der Waals surface area contributed by atoms with Gasteiger partial charge in [-0.3, -0.25) is 9.59 Å². The Balaban J connectivity index is 2.08. The maximum Gasteiger partial charge on any atom is 0.231 e. The number of likely N-dealkylation sites (N-methyl/N-ethyl adjacent to an activating group) is 1. The molecule has 2 aromatic carbocycles. The molecule has 4 nitrogen and oxygen atoms in total. The van der Waals surface area contributed by atoms with Crippen LogP contribution in [0.3, 0.4) is 0 Å². The van der Waals surface area contributed by atoms with Gasteiger partial charge in [-0.2, -0.15) is 0 Å². The minimum Gasteiger partial charge on any atom is -0.354 e. The highest BCUT2D eigenvalue weighted by Gasteiger charge is 2.19. The molecule has 0 aliphatic rings. The number of hydrogen-bond donors (Lipinski definition) is 1. The Hall–Kier alpha value is -2.20. The topological polar surface area (TPSA) is 49.4 Å². The second-order valence-corrected chi connectivity index (χ2v) is 5.61. The van der Waals surface area contributed by atoms with Gasteiger partial charge in [0.25, 0.3) is 0 Å². The second kappa shape index (κ2) is 7.71. The average Bonchev–Trinajstić information content (AvgIpc) is 2.52. The molecule has 4 heteroatoms. The molecule has 115 valence electrons. The summed E-state index contributed by atoms with van der Waals surface area (Å²) >= 11 is 0. The molecule has 2 aromatic rings. The Morgan fingerprint density at radius 1 is 1.18 bits per heavy atom. The van der Waals surface area contributed by atoms with Gasteiger partial charge in [0.05, 0.1) is 0 Å². The van der Waals surface area contributed by atoms with Crippen molar-refractivity contribution in [3.63, 3.8) is 0 Å². The Labute approximate surface area is 131 Å². The predicted molar refractivity (Wildman–Crippen MR) is 88.4 cm³/mol. The van der Waals surface area contributed by atoms with Crippen LogP contribution < -0.4 is 5.32 Å². The van der Waals surface area contributed by atoms with Gasteiger partial charge >= 0.3 is 0 Å². The summed E-state index contributed by atoms with van der Waals surface area (Å²) in [5.74, 6) is -1.03. The maximum absolute atomic E-state index is 12.1. The number of nitrogens with one attached hydrogen (secondary N) is 1. The van der Waals surface area contributed by atoms with Gasteiger partial charge in [0.2, 0.25) is 12.2 Å². The summed E-state index contributed by atoms with van der Waals surface area (Å²) in [7, 11) is 3.87. The van der Waals surface area contributed by atoms with Crippen molar-refractivity contribution < 1.29 is 9.59 Å². The number of hydrogen-bond acceptors (Lipinski definition) is 3. The first-order valence-corrected chi connectivity index (χ1v) is 7.38. The monoisotopic (exact) mass is 297 g/mol. The number of benzene rings is 2. The first-order valence-electron chi connectivity index (χ1n) is 7.38. The quantitative estimate of drug-likeness (QED) is 0.793. The molecule has 0 bridgehead atoms. The van der Waals surface area contributed by atoms with Crippen molar-refractivity contribution in [1.82, 2.24) is 10.2 Å². The van der Waals surface area contributed by atoms with Crippen LogP contribution in [0.2, 0.25) is 0 Å². The number of amides is 1. The lowest BCUT2D eigenvalue weighted by Crippen LogP contribution is -2.37. The number of rotatable bonds is 7. The summed E-state index contributed by atoms with van der Waals surface area (Å²) in [6, 6.07) is 13.9. The molecule has 1 amide bonds. The van der Waals surface area contributed by atoms with E-state index in [0.29, 0.717) is 13.0 Å². The summed E-state index contributed by atoms with van der Waals surface area (Å²) < 4.78 is 0. The van der Waals surface area contributed by atoms with E-state index in [1.807, 2.05) is 67.7 Å². The smallest absolute Gasteiger partial charge is 0.231 e. The van der Waals surface area contributed by atoms with Crippen LogP contribution in [0.5, 0.6) is 0 Å². The first-order chi connectivity index (χ1) is 10.6. The van der Waals surface area contributed by atoms with Crippen molar-refractivity contribution >= 4 is 23.0 Å². The number of nitrogens with zero attached hydrogens (tertiary/aromatic N) is 1. The highest BCUT2D eigenvalue weighted by Crippen LogP contribution is 2.20. The van der Waals surface area contributed by atoms with E-state index in [0.717, 1.165) is 22.9 Å². The zero-order chi connectivity index (χ0) is 15.9. The van der Waals surface area contributed by atoms with Crippen molar-refractivity contribution in [2.45, 2.75) is 6.42 Å². The molecule has 1 radical (unpaired) electrons. The molecule has 1 unspecified atom stereocenters. The van der Waals surface area contributed by atoms with Gasteiger partial charge in [0.1, 0.15) is 5.92 Å². The zero-order valence-electron chi connectivity index (χ0n) is 13.0. The Morgan fingerprint density at radius 3 is 2.64 bits per heavy atom. The number of carbonyl (C=O) groups is 1. The molecule has 0 fully saturated rings. The molecule has 0 saturated heterocycles. The first kappa shape index (κ1) is 16.2. The van der Waals surface area contributed by atoms with Gasteiger partial charge in [-0.15, -0.1) is 0 Å². The van der Waals surface area contributed by atoms with Crippen LogP contribution in [0, 0.1) is 5.92 Å². The Morgan fingerprint density at radius 2 is 1.91 bits per heavy atom. The Bertz CT molecular complexity index is 647. The van der Waals surface area contributed by atoms with Crippen LogP contribution in [-0.4, -0.2) is 44.3 Å². The fourth-order valence-electron chi connectivity index (χ4n) is 2.40. The minimum atomic E-state index is -0.770. The summed E-state index contributed by atoms with van der Waals surface area (Å²) in [5, 5.41) is 4.97. The molecule has 0 saturated carbocycles. The standard InChI is InChI=1S/C18H21N2O2/c1-20(2)11-10-19-18(22)16(13-21)12-15-8-5-7-14-6-3-4-9-17(14)15/h3-9,16H,10-12H2,1-2H3,(H,19,22). The molecule has 0 aliphatic carbocycles. The summed E-state index contributed by atoms with van der Waals surface area (Å²) in [4.78, 5) is 25.3. The SMILES string of the molecule is CN(C)CCNC(=O)C([C]=O)Cc1cccc2ccccc12. The molecule has 2 rings (SSSR count). The van der Waals surface area contributed by atoms with Gasteiger partial charge in [-0.1, -0.05) is 42.5 Å². The van der Waals surface area contributed by atoms with Gasteiger partial charge < -0.3 is 10.2 Å². The lowest BCUT2D eigenvalue weighted by molar-refractivity contribution is -0.123. The van der Waals surface area contributed by atoms with Crippen molar-refractivity contribution in [3.8, 4) is 0 Å². The molecular weight excluding hydrogens is 276 g/mol. The van der Waals surface area contributed by atoms with E-state index in [-0.39, 0.29) is 5.91 Å². The fourth-order valence-corrected chi connectivity index (χ4v) is 2.40. The average molecular weight is 297 g/mol. The van der Waals surface area contributed by atoms with Crippen LogP contribution >= 0.6 is 0 Å². The summed E-state index contributed by atoms with van der Waals surface area (Å²) in [5.41, 5.74) is 0.995. The van der Waals surface area contributed by atoms with E-state index < -0.39 is 5.92 Å². The number of carbonyl (C=O) groups excluding carboxylic acids is 2. The molecule has 0 heterocycles. The van der Waals surface area contributed by atoms with Gasteiger partial charge in [0.15, 0.2) is 0 Å². The fraction of sp³-hybridized carbons (Fsp3) is 0.333. The van der Waals surface area contributed by atoms with Crippen LogP contribution in [0.1, 0.15) is 5.56 Å². The highest BCUT2D eigenvalue weighted by molar-refractivity contribution is 5.93. The van der Waals surface area contributed by atoms with Crippen molar-refractivity contribution in [2.24, 2.45) is 5.92 Å². The normalized spacial score (nSPS) is 12.3. The molecule has 1 atom stereocenters. The van der Waals surface area contributed by atoms with Gasteiger partial charge in [-0.05, 0) is 36.9 Å². The Kier molecular flexibility index (Phi) is 5.67. The second-order valence-electron chi connectivity index (χ2n) is 5.61. The molecular formula is C18H21N2O2. The van der Waals surface area contributed by atoms with E-state index in [1.54, 1.807) is 0 Å². The van der Waals surface area contributed by atoms with E-state index in [4.69, 9.17) is 0 Å². The van der Waals surface area contributed by atoms with Crippen LogP contribution in [0.25, 0.3) is 10.8 Å². The van der Waals surface area contributed by atoms with Crippen molar-refractivity contribution in [3.05, 3.63) is 48.0 Å². The third-order valence-corrected chi connectivity index (χ3v) is 3.62. The van der Waals surface area contributed by atoms with E-state index in [9.17, 15) is 9.59 Å². The van der Waals surface area contributed by atoms with E-state index in [1.165, 1.54) is 0 Å². The molecule has 0 aromatic heterocycles. The zero-order valence-corrected chi connectivity index (χ0v) is 13.0. The largest absolute Gasteiger partial charge is 0.354 e. The molecule has 22 heavy (non-hydrogen) atoms. The van der Waals surface area contributed by atoms with Gasteiger partial charge in [0, 0.05) is 13.1 Å². The predicted octanol–water partition coefficient (Wildman–Crippen LogP) is 1.79. The molecule has 0 spiro atoms. The van der Waals surface area contributed by atoms with Crippen LogP contribution in [0.4, 0.5) is 0 Å². The summed E-state index contributed by atoms with van der Waals surface area (Å²) in [6.45, 7) is 1.27. The third kappa shape index (κ3) is 4.15. The third-order valence-electron chi connectivity index (χ3n) is 3.62. The maximum atomic E-state index is 12.1. The van der Waals surface area contributed by atoms with Crippen molar-refractivity contribution in [1.29, 1.82) is 0 Å². The van der Waals surface area contributed by atoms with E-state index in [2.05, 4.69) is 5.32 Å².